The molecule has 8 atom stereocenters. The molecule has 2 saturated carbocycles. The summed E-state index contributed by atoms with van der Waals surface area (Å²) in [5, 5.41) is 10.1. The van der Waals surface area contributed by atoms with Gasteiger partial charge in [-0.1, -0.05) is 30.2 Å². The summed E-state index contributed by atoms with van der Waals surface area (Å²) in [6.45, 7) is 5.50. The molecule has 4 aliphatic carbocycles. The standard InChI is InChI=1S/C24H34O5/c1-23-5-4-17-16(18(23)13-20-22(23)29-11-10-27-20)3-2-15-12-19-21(28-9-8-26-19)14-24(15,17)6-7-25/h2,4,16,18-22,25H,3,5-14H2,1H3/t16-,18+,19?,20?,21?,22?,23+,24+/m1/s1. The Morgan fingerprint density at radius 2 is 1.76 bits per heavy atom. The number of rotatable bonds is 2. The molecular weight excluding hydrogens is 368 g/mol. The van der Waals surface area contributed by atoms with Gasteiger partial charge in [0.15, 0.2) is 0 Å². The van der Waals surface area contributed by atoms with Crippen molar-refractivity contribution in [1.29, 1.82) is 0 Å². The SMILES string of the molecule is C[C@]12CC=C3[C@@H](CC=C4CC5OCCOC5C[C@@]43CCO)[C@@H]1CC1OCCOC12. The van der Waals surface area contributed by atoms with Crippen molar-refractivity contribution in [1.82, 2.24) is 0 Å². The molecule has 4 unspecified atom stereocenters. The third kappa shape index (κ3) is 2.64. The van der Waals surface area contributed by atoms with Crippen LogP contribution in [0.15, 0.2) is 23.3 Å². The summed E-state index contributed by atoms with van der Waals surface area (Å²) in [6.07, 6.45) is 11.8. The van der Waals surface area contributed by atoms with E-state index in [2.05, 4.69) is 19.1 Å². The molecule has 160 valence electrons. The molecular formula is C24H34O5. The lowest BCUT2D eigenvalue weighted by Gasteiger charge is -2.56. The first-order valence-corrected chi connectivity index (χ1v) is 11.6. The molecule has 2 saturated heterocycles. The second-order valence-electron chi connectivity index (χ2n) is 10.3. The molecule has 0 amide bonds. The lowest BCUT2D eigenvalue weighted by molar-refractivity contribution is -0.163. The van der Waals surface area contributed by atoms with E-state index in [0.29, 0.717) is 25.0 Å². The van der Waals surface area contributed by atoms with Gasteiger partial charge in [0.05, 0.1) is 50.8 Å². The summed E-state index contributed by atoms with van der Waals surface area (Å²) in [7, 11) is 0. The van der Waals surface area contributed by atoms with Crippen molar-refractivity contribution in [3.05, 3.63) is 23.3 Å². The van der Waals surface area contributed by atoms with E-state index in [4.69, 9.17) is 18.9 Å². The van der Waals surface area contributed by atoms with Gasteiger partial charge in [0.2, 0.25) is 0 Å². The quantitative estimate of drug-likeness (QED) is 0.720. The summed E-state index contributed by atoms with van der Waals surface area (Å²) in [5.74, 6) is 1.12. The van der Waals surface area contributed by atoms with Crippen LogP contribution in [0.5, 0.6) is 0 Å². The van der Waals surface area contributed by atoms with Crippen LogP contribution in [0.2, 0.25) is 0 Å². The van der Waals surface area contributed by atoms with Crippen molar-refractivity contribution in [3.63, 3.8) is 0 Å². The van der Waals surface area contributed by atoms with Gasteiger partial charge in [0.25, 0.3) is 0 Å². The Kier molecular flexibility index (Phi) is 4.52. The van der Waals surface area contributed by atoms with Gasteiger partial charge < -0.3 is 24.1 Å². The highest BCUT2D eigenvalue weighted by atomic mass is 16.6. The van der Waals surface area contributed by atoms with Gasteiger partial charge in [-0.05, 0) is 50.4 Å². The molecule has 29 heavy (non-hydrogen) atoms. The molecule has 0 aromatic rings. The van der Waals surface area contributed by atoms with Crippen molar-refractivity contribution in [3.8, 4) is 0 Å². The third-order valence-electron chi connectivity index (χ3n) is 9.14. The van der Waals surface area contributed by atoms with Gasteiger partial charge >= 0.3 is 0 Å². The fourth-order valence-electron chi connectivity index (χ4n) is 7.87. The van der Waals surface area contributed by atoms with Crippen LogP contribution in [0, 0.1) is 22.7 Å². The van der Waals surface area contributed by atoms with Gasteiger partial charge in [-0.3, -0.25) is 0 Å². The highest BCUT2D eigenvalue weighted by molar-refractivity contribution is 5.41. The molecule has 1 N–H and O–H groups in total. The summed E-state index contributed by atoms with van der Waals surface area (Å²) in [6, 6.07) is 0. The lowest BCUT2D eigenvalue weighted by atomic mass is 9.50. The first kappa shape index (κ1) is 19.0. The fourth-order valence-corrected chi connectivity index (χ4v) is 7.87. The summed E-state index contributed by atoms with van der Waals surface area (Å²) >= 11 is 0. The van der Waals surface area contributed by atoms with Gasteiger partial charge in [0.1, 0.15) is 0 Å². The minimum absolute atomic E-state index is 0.0453. The Morgan fingerprint density at radius 1 is 1.00 bits per heavy atom. The fraction of sp³-hybridized carbons (Fsp3) is 0.833. The summed E-state index contributed by atoms with van der Waals surface area (Å²) in [4.78, 5) is 0. The van der Waals surface area contributed by atoms with E-state index in [1.54, 1.807) is 5.57 Å². The van der Waals surface area contributed by atoms with Crippen LogP contribution >= 0.6 is 0 Å². The zero-order chi connectivity index (χ0) is 19.6. The summed E-state index contributed by atoms with van der Waals surface area (Å²) < 4.78 is 24.6. The Hall–Kier alpha value is -0.720. The van der Waals surface area contributed by atoms with Crippen molar-refractivity contribution in [2.45, 2.75) is 69.9 Å². The maximum absolute atomic E-state index is 10.1. The van der Waals surface area contributed by atoms with Crippen LogP contribution in [0.3, 0.4) is 0 Å². The number of hydrogen-bond donors (Lipinski definition) is 1. The largest absolute Gasteiger partial charge is 0.396 e. The van der Waals surface area contributed by atoms with Crippen molar-refractivity contribution >= 4 is 0 Å². The molecule has 0 aromatic heterocycles. The monoisotopic (exact) mass is 402 g/mol. The molecule has 0 aromatic carbocycles. The molecule has 4 fully saturated rings. The predicted octanol–water partition coefficient (Wildman–Crippen LogP) is 3.02. The molecule has 0 bridgehead atoms. The smallest absolute Gasteiger partial charge is 0.0897 e. The second kappa shape index (κ2) is 6.89. The molecule has 0 spiro atoms. The first-order valence-electron chi connectivity index (χ1n) is 11.6. The number of ether oxygens (including phenoxy) is 4. The van der Waals surface area contributed by atoms with Crippen LogP contribution < -0.4 is 0 Å². The molecule has 2 heterocycles. The normalized spacial score (nSPS) is 51.0. The predicted molar refractivity (Wildman–Crippen MR) is 107 cm³/mol. The third-order valence-corrected chi connectivity index (χ3v) is 9.14. The van der Waals surface area contributed by atoms with Crippen molar-refractivity contribution < 1.29 is 24.1 Å². The molecule has 0 radical (unpaired) electrons. The minimum Gasteiger partial charge on any atom is -0.396 e. The van der Waals surface area contributed by atoms with Crippen LogP contribution in [0.25, 0.3) is 0 Å². The Bertz CT molecular complexity index is 731. The van der Waals surface area contributed by atoms with Crippen molar-refractivity contribution in [2.24, 2.45) is 22.7 Å². The maximum Gasteiger partial charge on any atom is 0.0897 e. The topological polar surface area (TPSA) is 57.2 Å². The maximum atomic E-state index is 10.1. The summed E-state index contributed by atoms with van der Waals surface area (Å²) in [5.41, 5.74) is 3.19. The van der Waals surface area contributed by atoms with Crippen LogP contribution in [0.1, 0.15) is 45.4 Å². The number of fused-ring (bicyclic) bond motifs is 8. The van der Waals surface area contributed by atoms with Gasteiger partial charge in [0, 0.05) is 17.4 Å². The van der Waals surface area contributed by atoms with Gasteiger partial charge in [-0.25, -0.2) is 0 Å². The highest BCUT2D eigenvalue weighted by Gasteiger charge is 2.61. The van der Waals surface area contributed by atoms with E-state index < -0.39 is 0 Å². The van der Waals surface area contributed by atoms with Crippen LogP contribution in [-0.2, 0) is 18.9 Å². The number of aliphatic hydroxyl groups excluding tert-OH is 1. The van der Waals surface area contributed by atoms with E-state index in [0.717, 1.165) is 51.7 Å². The van der Waals surface area contributed by atoms with E-state index in [1.165, 1.54) is 5.57 Å². The van der Waals surface area contributed by atoms with E-state index >= 15 is 0 Å². The average molecular weight is 403 g/mol. The van der Waals surface area contributed by atoms with E-state index in [9.17, 15) is 5.11 Å². The van der Waals surface area contributed by atoms with Gasteiger partial charge in [-0.15, -0.1) is 0 Å². The average Bonchev–Trinajstić information content (AvgIpc) is 3.05. The highest BCUT2D eigenvalue weighted by Crippen LogP contribution is 2.65. The Labute approximate surface area is 173 Å². The first-order chi connectivity index (χ1) is 14.2. The van der Waals surface area contributed by atoms with Gasteiger partial charge in [-0.2, -0.15) is 0 Å². The molecule has 2 aliphatic heterocycles. The van der Waals surface area contributed by atoms with E-state index in [-0.39, 0.29) is 41.9 Å². The number of allylic oxidation sites excluding steroid dienone is 3. The van der Waals surface area contributed by atoms with E-state index in [1.807, 2.05) is 0 Å². The second-order valence-corrected chi connectivity index (χ2v) is 10.3. The molecule has 5 nitrogen and oxygen atoms in total. The molecule has 6 rings (SSSR count). The van der Waals surface area contributed by atoms with Crippen molar-refractivity contribution in [2.75, 3.05) is 33.0 Å². The number of aliphatic hydroxyl groups is 1. The molecule has 5 heteroatoms. The Balaban J connectivity index is 1.38. The molecule has 6 aliphatic rings. The minimum atomic E-state index is -0.0453. The Morgan fingerprint density at radius 3 is 2.59 bits per heavy atom. The number of hydrogen-bond acceptors (Lipinski definition) is 5. The zero-order valence-corrected chi connectivity index (χ0v) is 17.5. The zero-order valence-electron chi connectivity index (χ0n) is 17.5. The van der Waals surface area contributed by atoms with Crippen LogP contribution in [-0.4, -0.2) is 62.6 Å². The van der Waals surface area contributed by atoms with Crippen LogP contribution in [0.4, 0.5) is 0 Å². The lowest BCUT2D eigenvalue weighted by Crippen LogP contribution is -2.53.